The molecule has 2 heterocycles. The van der Waals surface area contributed by atoms with Gasteiger partial charge in [-0.25, -0.2) is 0 Å². The number of hydrogen-bond donors (Lipinski definition) is 0. The van der Waals surface area contributed by atoms with Crippen LogP contribution in [0.1, 0.15) is 27.8 Å². The maximum absolute atomic E-state index is 5.58. The number of hydrogen-bond acceptors (Lipinski definition) is 4. The summed E-state index contributed by atoms with van der Waals surface area (Å²) in [5.41, 5.74) is 8.93. The number of ether oxygens (including phenoxy) is 2. The first-order valence-corrected chi connectivity index (χ1v) is 11.1. The Bertz CT molecular complexity index is 1100. The number of rotatable bonds is 4. The Balaban J connectivity index is 1.49. The SMILES string of the molecule is Cc1ccc(CN2c3cc(C)c(C)cc3N(Cc3ccc4c(c3)OCO4)C2Br)cc1. The van der Waals surface area contributed by atoms with Crippen LogP contribution in [0.4, 0.5) is 11.4 Å². The molecule has 0 aliphatic carbocycles. The number of halogens is 1. The van der Waals surface area contributed by atoms with Crippen LogP contribution in [0.5, 0.6) is 11.5 Å². The highest BCUT2D eigenvalue weighted by atomic mass is 79.9. The lowest BCUT2D eigenvalue weighted by molar-refractivity contribution is 0.174. The van der Waals surface area contributed by atoms with Crippen molar-refractivity contribution in [1.82, 2.24) is 0 Å². The zero-order valence-electron chi connectivity index (χ0n) is 17.5. The van der Waals surface area contributed by atoms with E-state index in [9.17, 15) is 0 Å². The van der Waals surface area contributed by atoms with Crippen LogP contribution in [0.3, 0.4) is 0 Å². The minimum Gasteiger partial charge on any atom is -0.454 e. The molecule has 5 heteroatoms. The number of fused-ring (bicyclic) bond motifs is 2. The molecule has 0 fully saturated rings. The summed E-state index contributed by atoms with van der Waals surface area (Å²) in [6.07, 6.45) is 0. The summed E-state index contributed by atoms with van der Waals surface area (Å²) in [6, 6.07) is 19.6. The molecule has 2 aliphatic rings. The lowest BCUT2D eigenvalue weighted by Crippen LogP contribution is -2.37. The van der Waals surface area contributed by atoms with E-state index in [2.05, 4.69) is 95.0 Å². The maximum Gasteiger partial charge on any atom is 0.231 e. The molecule has 1 atom stereocenters. The van der Waals surface area contributed by atoms with E-state index in [1.54, 1.807) is 0 Å². The predicted octanol–water partition coefficient (Wildman–Crippen LogP) is 6.05. The van der Waals surface area contributed by atoms with Crippen LogP contribution >= 0.6 is 15.9 Å². The van der Waals surface area contributed by atoms with Crippen LogP contribution in [0.2, 0.25) is 0 Å². The molecule has 5 rings (SSSR count). The molecule has 0 radical (unpaired) electrons. The van der Waals surface area contributed by atoms with Gasteiger partial charge in [0.2, 0.25) is 6.79 Å². The van der Waals surface area contributed by atoms with Gasteiger partial charge in [0.1, 0.15) is 0 Å². The molecule has 0 saturated heterocycles. The third-order valence-electron chi connectivity index (χ3n) is 5.99. The lowest BCUT2D eigenvalue weighted by Gasteiger charge is -2.29. The second-order valence-corrected chi connectivity index (χ2v) is 8.98. The summed E-state index contributed by atoms with van der Waals surface area (Å²) in [4.78, 5) is 4.84. The average molecular weight is 465 g/mol. The highest BCUT2D eigenvalue weighted by Crippen LogP contribution is 2.45. The summed E-state index contributed by atoms with van der Waals surface area (Å²) < 4.78 is 11.0. The van der Waals surface area contributed by atoms with E-state index in [0.717, 1.165) is 24.6 Å². The van der Waals surface area contributed by atoms with Crippen molar-refractivity contribution in [3.63, 3.8) is 0 Å². The first-order valence-electron chi connectivity index (χ1n) is 10.2. The van der Waals surface area contributed by atoms with Crippen molar-refractivity contribution in [3.8, 4) is 11.5 Å². The standard InChI is InChI=1S/C25H25BrN2O2/c1-16-4-6-19(7-5-16)13-27-21-10-17(2)18(3)11-22(21)28(25(27)26)14-20-8-9-23-24(12-20)30-15-29-23/h4-12,25H,13-15H2,1-3H3. The second kappa shape index (κ2) is 7.55. The molecule has 0 amide bonds. The quantitative estimate of drug-likeness (QED) is 0.346. The molecule has 2 aliphatic heterocycles. The molecule has 0 saturated carbocycles. The third-order valence-corrected chi connectivity index (χ3v) is 6.98. The fourth-order valence-electron chi connectivity index (χ4n) is 4.09. The molecule has 1 unspecified atom stereocenters. The van der Waals surface area contributed by atoms with Crippen LogP contribution in [0.15, 0.2) is 54.6 Å². The molecule has 154 valence electrons. The van der Waals surface area contributed by atoms with Gasteiger partial charge in [0.15, 0.2) is 16.6 Å². The number of nitrogens with zero attached hydrogens (tertiary/aromatic N) is 2. The van der Waals surface area contributed by atoms with Crippen molar-refractivity contribution in [2.45, 2.75) is 38.9 Å². The van der Waals surface area contributed by atoms with E-state index in [1.807, 2.05) is 6.07 Å². The smallest absolute Gasteiger partial charge is 0.231 e. The number of benzene rings is 3. The second-order valence-electron chi connectivity index (χ2n) is 8.16. The van der Waals surface area contributed by atoms with Gasteiger partial charge in [0.25, 0.3) is 0 Å². The number of alkyl halides is 1. The van der Waals surface area contributed by atoms with Crippen LogP contribution in [-0.4, -0.2) is 11.9 Å². The van der Waals surface area contributed by atoms with Crippen molar-refractivity contribution >= 4 is 27.3 Å². The third kappa shape index (κ3) is 3.41. The molecule has 0 bridgehead atoms. The van der Waals surface area contributed by atoms with E-state index in [1.165, 1.54) is 39.2 Å². The predicted molar refractivity (Wildman–Crippen MR) is 125 cm³/mol. The molecule has 4 nitrogen and oxygen atoms in total. The zero-order chi connectivity index (χ0) is 20.8. The van der Waals surface area contributed by atoms with Gasteiger partial charge < -0.3 is 19.3 Å². The summed E-state index contributed by atoms with van der Waals surface area (Å²) >= 11 is 3.99. The van der Waals surface area contributed by atoms with Gasteiger partial charge in [-0.3, -0.25) is 0 Å². The van der Waals surface area contributed by atoms with E-state index < -0.39 is 0 Å². The first kappa shape index (κ1) is 19.3. The van der Waals surface area contributed by atoms with Gasteiger partial charge in [0.05, 0.1) is 11.4 Å². The first-order chi connectivity index (χ1) is 14.5. The molecule has 0 aromatic heterocycles. The van der Waals surface area contributed by atoms with Gasteiger partial charge in [-0.05, 0) is 83.2 Å². The van der Waals surface area contributed by atoms with E-state index in [-0.39, 0.29) is 5.08 Å². The molecular weight excluding hydrogens is 440 g/mol. The van der Waals surface area contributed by atoms with Crippen molar-refractivity contribution in [2.75, 3.05) is 16.6 Å². The van der Waals surface area contributed by atoms with Crippen molar-refractivity contribution in [2.24, 2.45) is 0 Å². The summed E-state index contributed by atoms with van der Waals surface area (Å²) in [6.45, 7) is 8.43. The Morgan fingerprint density at radius 3 is 2.00 bits per heavy atom. The van der Waals surface area contributed by atoms with Gasteiger partial charge in [-0.1, -0.05) is 35.9 Å². The minimum atomic E-state index is 0.0698. The number of anilines is 2. The Morgan fingerprint density at radius 1 is 0.767 bits per heavy atom. The fourth-order valence-corrected chi connectivity index (χ4v) is 4.82. The Morgan fingerprint density at radius 2 is 1.33 bits per heavy atom. The molecule has 0 spiro atoms. The number of aryl methyl sites for hydroxylation is 3. The van der Waals surface area contributed by atoms with Crippen LogP contribution in [0, 0.1) is 20.8 Å². The van der Waals surface area contributed by atoms with Gasteiger partial charge >= 0.3 is 0 Å². The van der Waals surface area contributed by atoms with Gasteiger partial charge in [0, 0.05) is 13.1 Å². The minimum absolute atomic E-state index is 0.0698. The largest absolute Gasteiger partial charge is 0.454 e. The van der Waals surface area contributed by atoms with E-state index in [0.29, 0.717) is 6.79 Å². The lowest BCUT2D eigenvalue weighted by atomic mass is 10.1. The highest BCUT2D eigenvalue weighted by Gasteiger charge is 2.34. The summed E-state index contributed by atoms with van der Waals surface area (Å²) in [5.74, 6) is 1.65. The van der Waals surface area contributed by atoms with Crippen LogP contribution < -0.4 is 19.3 Å². The molecule has 30 heavy (non-hydrogen) atoms. The molecule has 3 aromatic rings. The van der Waals surface area contributed by atoms with E-state index >= 15 is 0 Å². The van der Waals surface area contributed by atoms with Gasteiger partial charge in [-0.2, -0.15) is 0 Å². The van der Waals surface area contributed by atoms with Crippen molar-refractivity contribution in [3.05, 3.63) is 82.4 Å². The van der Waals surface area contributed by atoms with Gasteiger partial charge in [-0.15, -0.1) is 0 Å². The molecular formula is C25H25BrN2O2. The van der Waals surface area contributed by atoms with E-state index in [4.69, 9.17) is 9.47 Å². The Kier molecular flexibility index (Phi) is 4.86. The zero-order valence-corrected chi connectivity index (χ0v) is 19.1. The summed E-state index contributed by atoms with van der Waals surface area (Å²) in [5, 5.41) is 0.0698. The molecule has 0 N–H and O–H groups in total. The van der Waals surface area contributed by atoms with Crippen LogP contribution in [0.25, 0.3) is 0 Å². The topological polar surface area (TPSA) is 24.9 Å². The normalized spacial score (nSPS) is 16.9. The maximum atomic E-state index is 5.58. The van der Waals surface area contributed by atoms with Crippen molar-refractivity contribution < 1.29 is 9.47 Å². The molecule has 3 aromatic carbocycles. The highest BCUT2D eigenvalue weighted by molar-refractivity contribution is 9.09. The summed E-state index contributed by atoms with van der Waals surface area (Å²) in [7, 11) is 0. The Hall–Kier alpha value is -2.66. The average Bonchev–Trinajstić information content (AvgIpc) is 3.29. The van der Waals surface area contributed by atoms with Crippen LogP contribution in [-0.2, 0) is 13.1 Å². The van der Waals surface area contributed by atoms with Crippen molar-refractivity contribution in [1.29, 1.82) is 0 Å². The fraction of sp³-hybridized carbons (Fsp3) is 0.280. The Labute approximate surface area is 186 Å². The monoisotopic (exact) mass is 464 g/mol.